The van der Waals surface area contributed by atoms with Crippen LogP contribution in [0.3, 0.4) is 0 Å². The number of nitrogens with zero attached hydrogens (tertiary/aromatic N) is 1. The van der Waals surface area contributed by atoms with E-state index < -0.39 is 18.5 Å². The van der Waals surface area contributed by atoms with Gasteiger partial charge < -0.3 is 5.32 Å². The molecule has 0 spiro atoms. The number of nitrogens with one attached hydrogen (secondary N) is 1. The Kier molecular flexibility index (Phi) is 6.53. The SMILES string of the molecule is C[C@@H](NCCC(C#N)CCC(F)(F)F)c1ccccc1. The predicted octanol–water partition coefficient (Wildman–Crippen LogP) is 4.21. The third-order valence-electron chi connectivity index (χ3n) is 3.20. The Morgan fingerprint density at radius 2 is 1.85 bits per heavy atom. The fourth-order valence-electron chi connectivity index (χ4n) is 1.94. The van der Waals surface area contributed by atoms with E-state index in [1.165, 1.54) is 0 Å². The summed E-state index contributed by atoms with van der Waals surface area (Å²) < 4.78 is 36.3. The van der Waals surface area contributed by atoms with Crippen LogP contribution in [-0.4, -0.2) is 12.7 Å². The standard InChI is InChI=1S/C15H19F3N2/c1-12(14-5-3-2-4-6-14)20-10-8-13(11-19)7-9-15(16,17)18/h2-6,12-13,20H,7-10H2,1H3/t12-,13?/m1/s1. The Morgan fingerprint density at radius 3 is 2.40 bits per heavy atom. The predicted molar refractivity (Wildman–Crippen MR) is 71.9 cm³/mol. The number of benzene rings is 1. The fourth-order valence-corrected chi connectivity index (χ4v) is 1.94. The minimum absolute atomic E-state index is 0.123. The van der Waals surface area contributed by atoms with Crippen LogP contribution in [0, 0.1) is 17.2 Å². The quantitative estimate of drug-likeness (QED) is 0.814. The average Bonchev–Trinajstić information content (AvgIpc) is 2.42. The van der Waals surface area contributed by atoms with Crippen LogP contribution in [0.5, 0.6) is 0 Å². The van der Waals surface area contributed by atoms with Gasteiger partial charge in [0.25, 0.3) is 0 Å². The van der Waals surface area contributed by atoms with E-state index in [-0.39, 0.29) is 12.5 Å². The molecule has 0 saturated carbocycles. The molecule has 0 radical (unpaired) electrons. The lowest BCUT2D eigenvalue weighted by atomic mass is 10.0. The van der Waals surface area contributed by atoms with Gasteiger partial charge in [0, 0.05) is 18.4 Å². The summed E-state index contributed by atoms with van der Waals surface area (Å²) >= 11 is 0. The van der Waals surface area contributed by atoms with Crippen molar-refractivity contribution in [2.45, 2.75) is 38.4 Å². The first-order valence-corrected chi connectivity index (χ1v) is 6.67. The van der Waals surface area contributed by atoms with E-state index in [9.17, 15) is 13.2 Å². The van der Waals surface area contributed by atoms with Crippen molar-refractivity contribution in [1.29, 1.82) is 5.26 Å². The normalized spacial score (nSPS) is 14.6. The minimum atomic E-state index is -4.18. The van der Waals surface area contributed by atoms with E-state index in [0.717, 1.165) is 5.56 Å². The van der Waals surface area contributed by atoms with Crippen molar-refractivity contribution in [3.05, 3.63) is 35.9 Å². The first kappa shape index (κ1) is 16.5. The zero-order valence-corrected chi connectivity index (χ0v) is 11.5. The van der Waals surface area contributed by atoms with Crippen molar-refractivity contribution in [3.8, 4) is 6.07 Å². The second kappa shape index (κ2) is 7.91. The van der Waals surface area contributed by atoms with Gasteiger partial charge in [0.05, 0.1) is 6.07 Å². The van der Waals surface area contributed by atoms with Gasteiger partial charge in [0.2, 0.25) is 0 Å². The molecule has 0 aliphatic carbocycles. The maximum Gasteiger partial charge on any atom is 0.389 e. The number of halogens is 3. The van der Waals surface area contributed by atoms with Crippen molar-refractivity contribution in [1.82, 2.24) is 5.32 Å². The molecular formula is C15H19F3N2. The third-order valence-corrected chi connectivity index (χ3v) is 3.20. The van der Waals surface area contributed by atoms with Crippen LogP contribution in [0.1, 0.15) is 37.8 Å². The van der Waals surface area contributed by atoms with Crippen molar-refractivity contribution in [2.75, 3.05) is 6.54 Å². The molecule has 1 N–H and O–H groups in total. The van der Waals surface area contributed by atoms with E-state index in [2.05, 4.69) is 5.32 Å². The monoisotopic (exact) mass is 284 g/mol. The van der Waals surface area contributed by atoms with E-state index in [4.69, 9.17) is 5.26 Å². The van der Waals surface area contributed by atoms with Gasteiger partial charge in [-0.3, -0.25) is 0 Å². The summed E-state index contributed by atoms with van der Waals surface area (Å²) in [6, 6.07) is 11.9. The molecule has 0 heterocycles. The van der Waals surface area contributed by atoms with E-state index in [1.807, 2.05) is 43.3 Å². The first-order chi connectivity index (χ1) is 9.42. The molecule has 1 aromatic carbocycles. The minimum Gasteiger partial charge on any atom is -0.310 e. The zero-order chi connectivity index (χ0) is 15.0. The van der Waals surface area contributed by atoms with Crippen LogP contribution in [0.25, 0.3) is 0 Å². The van der Waals surface area contributed by atoms with Gasteiger partial charge >= 0.3 is 6.18 Å². The maximum absolute atomic E-state index is 12.1. The second-order valence-corrected chi connectivity index (χ2v) is 4.86. The molecule has 0 aliphatic rings. The lowest BCUT2D eigenvalue weighted by Crippen LogP contribution is -2.22. The van der Waals surface area contributed by atoms with Crippen molar-refractivity contribution in [3.63, 3.8) is 0 Å². The van der Waals surface area contributed by atoms with Crippen LogP contribution >= 0.6 is 0 Å². The van der Waals surface area contributed by atoms with Gasteiger partial charge in [-0.15, -0.1) is 0 Å². The highest BCUT2D eigenvalue weighted by atomic mass is 19.4. The van der Waals surface area contributed by atoms with Gasteiger partial charge in [-0.05, 0) is 31.9 Å². The van der Waals surface area contributed by atoms with Crippen LogP contribution in [-0.2, 0) is 0 Å². The molecule has 0 aliphatic heterocycles. The third kappa shape index (κ3) is 6.58. The lowest BCUT2D eigenvalue weighted by molar-refractivity contribution is -0.136. The Labute approximate surface area is 117 Å². The van der Waals surface area contributed by atoms with Crippen molar-refractivity contribution < 1.29 is 13.2 Å². The Hall–Kier alpha value is -1.54. The molecule has 0 bridgehead atoms. The van der Waals surface area contributed by atoms with Crippen LogP contribution in [0.2, 0.25) is 0 Å². The highest BCUT2D eigenvalue weighted by Gasteiger charge is 2.28. The van der Waals surface area contributed by atoms with Gasteiger partial charge in [0.1, 0.15) is 0 Å². The second-order valence-electron chi connectivity index (χ2n) is 4.86. The number of hydrogen-bond donors (Lipinski definition) is 1. The highest BCUT2D eigenvalue weighted by Crippen LogP contribution is 2.25. The Balaban J connectivity index is 2.30. The number of hydrogen-bond acceptors (Lipinski definition) is 2. The van der Waals surface area contributed by atoms with E-state index in [0.29, 0.717) is 13.0 Å². The smallest absolute Gasteiger partial charge is 0.310 e. The maximum atomic E-state index is 12.1. The largest absolute Gasteiger partial charge is 0.389 e. The molecule has 0 saturated heterocycles. The van der Waals surface area contributed by atoms with E-state index >= 15 is 0 Å². The summed E-state index contributed by atoms with van der Waals surface area (Å²) in [6.45, 7) is 2.53. The fraction of sp³-hybridized carbons (Fsp3) is 0.533. The molecule has 1 aromatic rings. The summed E-state index contributed by atoms with van der Waals surface area (Å²) in [5, 5.41) is 12.1. The summed E-state index contributed by atoms with van der Waals surface area (Å²) in [5.41, 5.74) is 1.12. The van der Waals surface area contributed by atoms with Gasteiger partial charge in [-0.25, -0.2) is 0 Å². The molecule has 0 amide bonds. The van der Waals surface area contributed by atoms with Crippen molar-refractivity contribution in [2.24, 2.45) is 5.92 Å². The highest BCUT2D eigenvalue weighted by molar-refractivity contribution is 5.17. The first-order valence-electron chi connectivity index (χ1n) is 6.67. The molecular weight excluding hydrogens is 265 g/mol. The lowest BCUT2D eigenvalue weighted by Gasteiger charge is -2.16. The molecule has 0 fully saturated rings. The van der Waals surface area contributed by atoms with E-state index in [1.54, 1.807) is 0 Å². The van der Waals surface area contributed by atoms with Crippen LogP contribution < -0.4 is 5.32 Å². The molecule has 2 atom stereocenters. The molecule has 0 aromatic heterocycles. The molecule has 1 unspecified atom stereocenters. The van der Waals surface area contributed by atoms with Crippen LogP contribution in [0.15, 0.2) is 30.3 Å². The average molecular weight is 284 g/mol. The number of rotatable bonds is 7. The zero-order valence-electron chi connectivity index (χ0n) is 11.5. The summed E-state index contributed by atoms with van der Waals surface area (Å²) in [6.07, 6.45) is -4.76. The van der Waals surface area contributed by atoms with Crippen LogP contribution in [0.4, 0.5) is 13.2 Å². The van der Waals surface area contributed by atoms with Gasteiger partial charge in [0.15, 0.2) is 0 Å². The summed E-state index contributed by atoms with van der Waals surface area (Å²) in [5.74, 6) is -0.549. The van der Waals surface area contributed by atoms with Gasteiger partial charge in [-0.1, -0.05) is 30.3 Å². The van der Waals surface area contributed by atoms with Crippen molar-refractivity contribution >= 4 is 0 Å². The summed E-state index contributed by atoms with van der Waals surface area (Å²) in [7, 11) is 0. The number of nitriles is 1. The summed E-state index contributed by atoms with van der Waals surface area (Å²) in [4.78, 5) is 0. The van der Waals surface area contributed by atoms with Gasteiger partial charge in [-0.2, -0.15) is 18.4 Å². The molecule has 5 heteroatoms. The Morgan fingerprint density at radius 1 is 1.20 bits per heavy atom. The molecule has 110 valence electrons. The molecule has 20 heavy (non-hydrogen) atoms. The Bertz CT molecular complexity index is 423. The molecule has 1 rings (SSSR count). The number of alkyl halides is 3. The topological polar surface area (TPSA) is 35.8 Å². The molecule has 2 nitrogen and oxygen atoms in total.